The molecule has 1 unspecified atom stereocenters. The standard InChI is InChI=1S/C13H15NS.ClH/c1-10-4-6-11(7-5-10)9-12(14)13-3-2-8-15-13;/h2-8,12H,9,14H2,1H3;1H. The summed E-state index contributed by atoms with van der Waals surface area (Å²) in [5, 5.41) is 2.07. The van der Waals surface area contributed by atoms with Crippen molar-refractivity contribution in [3.8, 4) is 0 Å². The van der Waals surface area contributed by atoms with Crippen molar-refractivity contribution < 1.29 is 0 Å². The molecular weight excluding hydrogens is 238 g/mol. The molecule has 0 bridgehead atoms. The number of rotatable bonds is 3. The maximum Gasteiger partial charge on any atom is 0.0430 e. The van der Waals surface area contributed by atoms with E-state index in [1.807, 2.05) is 0 Å². The maximum atomic E-state index is 6.12. The van der Waals surface area contributed by atoms with Crippen molar-refractivity contribution in [2.24, 2.45) is 5.73 Å². The topological polar surface area (TPSA) is 26.0 Å². The lowest BCUT2D eigenvalue weighted by molar-refractivity contribution is 0.736. The molecule has 1 nitrogen and oxygen atoms in total. The first-order valence-corrected chi connectivity index (χ1v) is 5.98. The van der Waals surface area contributed by atoms with Gasteiger partial charge in [0.1, 0.15) is 0 Å². The Balaban J connectivity index is 0.00000128. The number of aryl methyl sites for hydroxylation is 1. The summed E-state index contributed by atoms with van der Waals surface area (Å²) >= 11 is 1.73. The molecule has 0 radical (unpaired) electrons. The lowest BCUT2D eigenvalue weighted by Gasteiger charge is -2.09. The van der Waals surface area contributed by atoms with Crippen LogP contribution in [0.25, 0.3) is 0 Å². The molecule has 1 heterocycles. The van der Waals surface area contributed by atoms with E-state index >= 15 is 0 Å². The van der Waals surface area contributed by atoms with E-state index in [1.165, 1.54) is 16.0 Å². The van der Waals surface area contributed by atoms with Crippen LogP contribution in [0.2, 0.25) is 0 Å². The molecule has 0 amide bonds. The number of hydrogen-bond acceptors (Lipinski definition) is 2. The van der Waals surface area contributed by atoms with Crippen molar-refractivity contribution in [2.75, 3.05) is 0 Å². The summed E-state index contributed by atoms with van der Waals surface area (Å²) in [7, 11) is 0. The van der Waals surface area contributed by atoms with E-state index in [2.05, 4.69) is 48.7 Å². The van der Waals surface area contributed by atoms with E-state index in [0.717, 1.165) is 6.42 Å². The van der Waals surface area contributed by atoms with Gasteiger partial charge in [-0.3, -0.25) is 0 Å². The first-order valence-electron chi connectivity index (χ1n) is 5.10. The number of hydrogen-bond donors (Lipinski definition) is 1. The molecule has 1 atom stereocenters. The predicted octanol–water partition coefficient (Wildman–Crippen LogP) is 3.72. The minimum atomic E-state index is 0. The average molecular weight is 254 g/mol. The largest absolute Gasteiger partial charge is 0.323 e. The summed E-state index contributed by atoms with van der Waals surface area (Å²) in [6.45, 7) is 2.10. The second-order valence-electron chi connectivity index (χ2n) is 3.81. The van der Waals surface area contributed by atoms with Gasteiger partial charge in [-0.05, 0) is 30.4 Å². The highest BCUT2D eigenvalue weighted by Gasteiger charge is 2.07. The van der Waals surface area contributed by atoms with Crippen molar-refractivity contribution in [3.05, 3.63) is 57.8 Å². The lowest BCUT2D eigenvalue weighted by atomic mass is 10.0. The molecule has 0 aliphatic heterocycles. The molecule has 0 fully saturated rings. The summed E-state index contributed by atoms with van der Waals surface area (Å²) in [4.78, 5) is 1.26. The van der Waals surface area contributed by atoms with Crippen LogP contribution in [0, 0.1) is 6.92 Å². The average Bonchev–Trinajstić information content (AvgIpc) is 2.74. The summed E-state index contributed by atoms with van der Waals surface area (Å²) in [5.41, 5.74) is 8.72. The van der Waals surface area contributed by atoms with Gasteiger partial charge < -0.3 is 5.73 Å². The van der Waals surface area contributed by atoms with Crippen LogP contribution in [0.4, 0.5) is 0 Å². The SMILES string of the molecule is Cc1ccc(CC(N)c2cccs2)cc1.Cl. The second-order valence-corrected chi connectivity index (χ2v) is 4.79. The van der Waals surface area contributed by atoms with Gasteiger partial charge in [-0.15, -0.1) is 23.7 Å². The lowest BCUT2D eigenvalue weighted by Crippen LogP contribution is -2.11. The molecule has 3 heteroatoms. The molecule has 0 saturated heterocycles. The van der Waals surface area contributed by atoms with Crippen LogP contribution in [0.3, 0.4) is 0 Å². The van der Waals surface area contributed by atoms with Crippen LogP contribution in [-0.4, -0.2) is 0 Å². The smallest absolute Gasteiger partial charge is 0.0430 e. The number of thiophene rings is 1. The van der Waals surface area contributed by atoms with Gasteiger partial charge in [-0.25, -0.2) is 0 Å². The second kappa shape index (κ2) is 6.04. The first kappa shape index (κ1) is 13.2. The third-order valence-corrected chi connectivity index (χ3v) is 3.49. The summed E-state index contributed by atoms with van der Waals surface area (Å²) in [6, 6.07) is 12.9. The molecule has 2 N–H and O–H groups in total. The van der Waals surface area contributed by atoms with Crippen LogP contribution < -0.4 is 5.73 Å². The Kier molecular flexibility index (Phi) is 5.00. The number of halogens is 1. The van der Waals surface area contributed by atoms with Gasteiger partial charge in [0.25, 0.3) is 0 Å². The van der Waals surface area contributed by atoms with E-state index in [-0.39, 0.29) is 18.4 Å². The summed E-state index contributed by atoms with van der Waals surface area (Å²) < 4.78 is 0. The number of benzene rings is 1. The monoisotopic (exact) mass is 253 g/mol. The van der Waals surface area contributed by atoms with Gasteiger partial charge in [-0.1, -0.05) is 35.9 Å². The van der Waals surface area contributed by atoms with E-state index in [4.69, 9.17) is 5.73 Å². The van der Waals surface area contributed by atoms with Crippen LogP contribution in [-0.2, 0) is 6.42 Å². The van der Waals surface area contributed by atoms with Crippen LogP contribution in [0.5, 0.6) is 0 Å². The van der Waals surface area contributed by atoms with Crippen LogP contribution >= 0.6 is 23.7 Å². The first-order chi connectivity index (χ1) is 7.25. The summed E-state index contributed by atoms with van der Waals surface area (Å²) in [5.74, 6) is 0. The zero-order chi connectivity index (χ0) is 10.7. The highest BCUT2D eigenvalue weighted by molar-refractivity contribution is 7.10. The molecule has 0 saturated carbocycles. The van der Waals surface area contributed by atoms with Gasteiger partial charge in [0.2, 0.25) is 0 Å². The fraction of sp³-hybridized carbons (Fsp3) is 0.231. The van der Waals surface area contributed by atoms with Gasteiger partial charge in [0, 0.05) is 10.9 Å². The Bertz CT molecular complexity index is 408. The minimum absolute atomic E-state index is 0. The van der Waals surface area contributed by atoms with Crippen molar-refractivity contribution in [1.29, 1.82) is 0 Å². The molecule has 2 rings (SSSR count). The van der Waals surface area contributed by atoms with Gasteiger partial charge in [-0.2, -0.15) is 0 Å². The fourth-order valence-corrected chi connectivity index (χ4v) is 2.31. The fourth-order valence-electron chi connectivity index (χ4n) is 1.58. The normalized spacial score (nSPS) is 11.9. The molecule has 1 aromatic heterocycles. The molecule has 86 valence electrons. The van der Waals surface area contributed by atoms with Crippen LogP contribution in [0.1, 0.15) is 22.0 Å². The minimum Gasteiger partial charge on any atom is -0.323 e. The molecule has 0 aliphatic rings. The van der Waals surface area contributed by atoms with E-state index in [9.17, 15) is 0 Å². The van der Waals surface area contributed by atoms with Gasteiger partial charge >= 0.3 is 0 Å². The molecule has 1 aromatic carbocycles. The zero-order valence-corrected chi connectivity index (χ0v) is 10.9. The quantitative estimate of drug-likeness (QED) is 0.887. The Morgan fingerprint density at radius 1 is 1.19 bits per heavy atom. The van der Waals surface area contributed by atoms with Crippen molar-refractivity contribution in [2.45, 2.75) is 19.4 Å². The number of nitrogens with two attached hydrogens (primary N) is 1. The van der Waals surface area contributed by atoms with Crippen LogP contribution in [0.15, 0.2) is 41.8 Å². The Morgan fingerprint density at radius 2 is 1.88 bits per heavy atom. The Labute approximate surface area is 107 Å². The molecule has 2 aromatic rings. The molecule has 0 spiro atoms. The van der Waals surface area contributed by atoms with Gasteiger partial charge in [0.05, 0.1) is 0 Å². The van der Waals surface area contributed by atoms with E-state index in [1.54, 1.807) is 11.3 Å². The van der Waals surface area contributed by atoms with Crippen molar-refractivity contribution in [1.82, 2.24) is 0 Å². The molecular formula is C13H16ClNS. The van der Waals surface area contributed by atoms with E-state index < -0.39 is 0 Å². The van der Waals surface area contributed by atoms with E-state index in [0.29, 0.717) is 0 Å². The Morgan fingerprint density at radius 3 is 2.44 bits per heavy atom. The van der Waals surface area contributed by atoms with Crippen molar-refractivity contribution >= 4 is 23.7 Å². The highest BCUT2D eigenvalue weighted by atomic mass is 35.5. The third-order valence-electron chi connectivity index (χ3n) is 2.48. The van der Waals surface area contributed by atoms with Crippen molar-refractivity contribution in [3.63, 3.8) is 0 Å². The Hall–Kier alpha value is -0.830. The maximum absolute atomic E-state index is 6.12. The summed E-state index contributed by atoms with van der Waals surface area (Å²) in [6.07, 6.45) is 0.917. The molecule has 0 aliphatic carbocycles. The molecule has 16 heavy (non-hydrogen) atoms. The predicted molar refractivity (Wildman–Crippen MR) is 73.4 cm³/mol. The highest BCUT2D eigenvalue weighted by Crippen LogP contribution is 2.20. The zero-order valence-electron chi connectivity index (χ0n) is 9.22. The third kappa shape index (κ3) is 3.34. The van der Waals surface area contributed by atoms with Gasteiger partial charge in [0.15, 0.2) is 0 Å².